The first-order valence-electron chi connectivity index (χ1n) is 12.4. The van der Waals surface area contributed by atoms with Crippen molar-refractivity contribution in [2.75, 3.05) is 17.4 Å². The van der Waals surface area contributed by atoms with Crippen LogP contribution < -0.4 is 9.62 Å². The first-order valence-corrected chi connectivity index (χ1v) is 13.8. The topological polar surface area (TPSA) is 86.8 Å². The maximum atomic E-state index is 13.8. The molecule has 0 aliphatic carbocycles. The highest BCUT2D eigenvalue weighted by Gasteiger charge is 2.33. The van der Waals surface area contributed by atoms with Crippen molar-refractivity contribution in [1.29, 1.82) is 0 Å². The largest absolute Gasteiger partial charge is 0.350 e. The first kappa shape index (κ1) is 28.8. The molecule has 9 heteroatoms. The number of carbonyl (C=O) groups excluding carboxylic acids is 2. The average Bonchev–Trinajstić information content (AvgIpc) is 2.88. The zero-order chi connectivity index (χ0) is 27.9. The van der Waals surface area contributed by atoms with E-state index >= 15 is 0 Å². The summed E-state index contributed by atoms with van der Waals surface area (Å²) in [5, 5.41) is 2.89. The van der Waals surface area contributed by atoms with Gasteiger partial charge in [-0.2, -0.15) is 0 Å². The number of amides is 2. The molecule has 0 radical (unpaired) electrons. The molecule has 1 N–H and O–H groups in total. The third-order valence-electron chi connectivity index (χ3n) is 5.87. The summed E-state index contributed by atoms with van der Waals surface area (Å²) in [4.78, 5) is 28.2. The lowest BCUT2D eigenvalue weighted by atomic mass is 10.1. The van der Waals surface area contributed by atoms with E-state index in [4.69, 9.17) is 0 Å². The predicted molar refractivity (Wildman–Crippen MR) is 147 cm³/mol. The highest BCUT2D eigenvalue weighted by atomic mass is 32.2. The summed E-state index contributed by atoms with van der Waals surface area (Å²) in [7, 11) is -4.17. The van der Waals surface area contributed by atoms with Crippen LogP contribution in [-0.2, 0) is 26.0 Å². The highest BCUT2D eigenvalue weighted by molar-refractivity contribution is 7.92. The molecule has 0 saturated carbocycles. The van der Waals surface area contributed by atoms with Gasteiger partial charge >= 0.3 is 0 Å². The van der Waals surface area contributed by atoms with E-state index in [9.17, 15) is 22.4 Å². The number of anilines is 1. The number of rotatable bonds is 10. The Kier molecular flexibility index (Phi) is 9.27. The lowest BCUT2D eigenvalue weighted by molar-refractivity contribution is -0.139. The SMILES string of the molecule is C[C@@H](C(=O)NC(C)(C)C)N(CCc1ccccc1)C(=O)CN(c1ccc(F)cc1)S(=O)(=O)c1ccccc1. The standard InChI is InChI=1S/C29H34FN3O4S/c1-22(28(35)31-29(2,3)4)32(20-19-23-11-7-5-8-12-23)27(34)21-33(25-17-15-24(30)16-18-25)38(36,37)26-13-9-6-10-14-26/h5-18,22H,19-21H2,1-4H3,(H,31,35)/t22-/m0/s1. The van der Waals surface area contributed by atoms with Gasteiger partial charge in [0.05, 0.1) is 10.6 Å². The highest BCUT2D eigenvalue weighted by Crippen LogP contribution is 2.24. The molecule has 0 aliphatic rings. The van der Waals surface area contributed by atoms with E-state index in [-0.39, 0.29) is 23.0 Å². The second-order valence-electron chi connectivity index (χ2n) is 10.0. The van der Waals surface area contributed by atoms with Gasteiger partial charge in [0.2, 0.25) is 11.8 Å². The molecule has 3 aromatic rings. The Morgan fingerprint density at radius 2 is 1.45 bits per heavy atom. The summed E-state index contributed by atoms with van der Waals surface area (Å²) >= 11 is 0. The van der Waals surface area contributed by atoms with Crippen LogP contribution in [0.1, 0.15) is 33.3 Å². The minimum absolute atomic E-state index is 0.00788. The zero-order valence-corrected chi connectivity index (χ0v) is 22.9. The molecule has 0 aromatic heterocycles. The van der Waals surface area contributed by atoms with Crippen molar-refractivity contribution in [1.82, 2.24) is 10.2 Å². The van der Waals surface area contributed by atoms with E-state index in [1.165, 1.54) is 29.2 Å². The summed E-state index contributed by atoms with van der Waals surface area (Å²) in [6.45, 7) is 6.79. The molecular weight excluding hydrogens is 505 g/mol. The van der Waals surface area contributed by atoms with Gasteiger partial charge < -0.3 is 10.2 Å². The first-order chi connectivity index (χ1) is 17.9. The van der Waals surface area contributed by atoms with Crippen molar-refractivity contribution in [2.24, 2.45) is 0 Å². The fraction of sp³-hybridized carbons (Fsp3) is 0.310. The number of hydrogen-bond acceptors (Lipinski definition) is 4. The normalized spacial score (nSPS) is 12.4. The molecule has 3 aromatic carbocycles. The molecule has 0 fully saturated rings. The Bertz CT molecular complexity index is 1330. The predicted octanol–water partition coefficient (Wildman–Crippen LogP) is 4.40. The van der Waals surface area contributed by atoms with E-state index in [2.05, 4.69) is 5.32 Å². The average molecular weight is 540 g/mol. The van der Waals surface area contributed by atoms with Crippen molar-refractivity contribution in [3.05, 3.63) is 96.3 Å². The van der Waals surface area contributed by atoms with Crippen LogP contribution in [0.5, 0.6) is 0 Å². The molecule has 3 rings (SSSR count). The van der Waals surface area contributed by atoms with E-state index in [1.807, 2.05) is 51.1 Å². The Morgan fingerprint density at radius 1 is 0.895 bits per heavy atom. The fourth-order valence-electron chi connectivity index (χ4n) is 3.90. The van der Waals surface area contributed by atoms with Gasteiger partial charge in [0.1, 0.15) is 18.4 Å². The van der Waals surface area contributed by atoms with Gasteiger partial charge in [-0.3, -0.25) is 13.9 Å². The number of sulfonamides is 1. The van der Waals surface area contributed by atoms with E-state index in [1.54, 1.807) is 25.1 Å². The molecule has 2 amide bonds. The number of benzene rings is 3. The second kappa shape index (κ2) is 12.2. The maximum absolute atomic E-state index is 13.8. The molecular formula is C29H34FN3O4S. The van der Waals surface area contributed by atoms with Crippen LogP contribution in [0, 0.1) is 5.82 Å². The van der Waals surface area contributed by atoms with Crippen LogP contribution >= 0.6 is 0 Å². The van der Waals surface area contributed by atoms with Gasteiger partial charge in [0.15, 0.2) is 0 Å². The van der Waals surface area contributed by atoms with Gasteiger partial charge in [-0.1, -0.05) is 48.5 Å². The van der Waals surface area contributed by atoms with Crippen LogP contribution in [0.3, 0.4) is 0 Å². The number of nitrogens with zero attached hydrogens (tertiary/aromatic N) is 2. The molecule has 7 nitrogen and oxygen atoms in total. The van der Waals surface area contributed by atoms with Gasteiger partial charge in [0.25, 0.3) is 10.0 Å². The summed E-state index contributed by atoms with van der Waals surface area (Å²) < 4.78 is 41.9. The van der Waals surface area contributed by atoms with Gasteiger partial charge in [-0.25, -0.2) is 12.8 Å². The van der Waals surface area contributed by atoms with Crippen molar-refractivity contribution in [3.8, 4) is 0 Å². The summed E-state index contributed by atoms with van der Waals surface area (Å²) in [5.41, 5.74) is 0.593. The molecule has 202 valence electrons. The minimum atomic E-state index is -4.17. The third kappa shape index (κ3) is 7.64. The monoisotopic (exact) mass is 539 g/mol. The van der Waals surface area contributed by atoms with Gasteiger partial charge in [-0.05, 0) is 76.1 Å². The molecule has 0 aliphatic heterocycles. The lowest BCUT2D eigenvalue weighted by Gasteiger charge is -2.33. The van der Waals surface area contributed by atoms with E-state index < -0.39 is 39.9 Å². The van der Waals surface area contributed by atoms with E-state index in [0.29, 0.717) is 6.42 Å². The number of nitrogens with one attached hydrogen (secondary N) is 1. The van der Waals surface area contributed by atoms with Crippen LogP contribution in [0.25, 0.3) is 0 Å². The van der Waals surface area contributed by atoms with Gasteiger partial charge in [0, 0.05) is 12.1 Å². The van der Waals surface area contributed by atoms with E-state index in [0.717, 1.165) is 22.0 Å². The fourth-order valence-corrected chi connectivity index (χ4v) is 5.34. The van der Waals surface area contributed by atoms with Gasteiger partial charge in [-0.15, -0.1) is 0 Å². The summed E-state index contributed by atoms with van der Waals surface area (Å²) in [5.74, 6) is -1.44. The maximum Gasteiger partial charge on any atom is 0.264 e. The van der Waals surface area contributed by atoms with Crippen LogP contribution in [0.15, 0.2) is 89.8 Å². The Morgan fingerprint density at radius 3 is 2.00 bits per heavy atom. The van der Waals surface area contributed by atoms with Crippen molar-refractivity contribution >= 4 is 27.5 Å². The van der Waals surface area contributed by atoms with Crippen molar-refractivity contribution < 1.29 is 22.4 Å². The van der Waals surface area contributed by atoms with Crippen LogP contribution in [0.4, 0.5) is 10.1 Å². The Hall–Kier alpha value is -3.72. The summed E-state index contributed by atoms with van der Waals surface area (Å²) in [6, 6.07) is 21.3. The summed E-state index contributed by atoms with van der Waals surface area (Å²) in [6.07, 6.45) is 0.474. The number of hydrogen-bond donors (Lipinski definition) is 1. The smallest absolute Gasteiger partial charge is 0.264 e. The second-order valence-corrected chi connectivity index (χ2v) is 11.9. The molecule has 0 bridgehead atoms. The number of halogens is 1. The minimum Gasteiger partial charge on any atom is -0.350 e. The lowest BCUT2D eigenvalue weighted by Crippen LogP contribution is -2.55. The molecule has 0 heterocycles. The quantitative estimate of drug-likeness (QED) is 0.414. The van der Waals surface area contributed by atoms with Crippen molar-refractivity contribution in [2.45, 2.75) is 50.6 Å². The molecule has 1 atom stereocenters. The molecule has 0 spiro atoms. The Balaban J connectivity index is 1.96. The molecule has 0 unspecified atom stereocenters. The Labute approximate surface area is 224 Å². The number of carbonyl (C=O) groups is 2. The van der Waals surface area contributed by atoms with Crippen LogP contribution in [0.2, 0.25) is 0 Å². The third-order valence-corrected chi connectivity index (χ3v) is 7.66. The zero-order valence-electron chi connectivity index (χ0n) is 22.1. The molecule has 0 saturated heterocycles. The van der Waals surface area contributed by atoms with Crippen LogP contribution in [-0.4, -0.2) is 49.8 Å². The molecule has 38 heavy (non-hydrogen) atoms. The van der Waals surface area contributed by atoms with Crippen molar-refractivity contribution in [3.63, 3.8) is 0 Å².